The van der Waals surface area contributed by atoms with Crippen molar-refractivity contribution in [1.29, 1.82) is 0 Å². The second-order valence-electron chi connectivity index (χ2n) is 8.28. The molecule has 1 aliphatic heterocycles. The number of halogens is 1. The molecule has 2 aromatic carbocycles. The molecule has 4 heteroatoms. The lowest BCUT2D eigenvalue weighted by atomic mass is 10.0. The molecule has 1 fully saturated rings. The average Bonchev–Trinajstić information content (AvgIpc) is 2.70. The lowest BCUT2D eigenvalue weighted by molar-refractivity contribution is -0.134. The minimum atomic E-state index is 0. The van der Waals surface area contributed by atoms with Gasteiger partial charge in [-0.1, -0.05) is 67.4 Å². The Hall–Kier alpha value is -1.84. The van der Waals surface area contributed by atoms with Crippen LogP contribution in [0.2, 0.25) is 0 Å². The topological polar surface area (TPSA) is 23.6 Å². The standard InChI is InChI=1S/C25H34N2O.ClH/c1-4-5-21-10-12-22(13-11-21)18-25(28)27(24-14-16-26(3)17-15-24)19-23-8-6-20(2)7-9-23;/h6-13,24H,4-5,14-19H2,1-3H3;1H. The van der Waals surface area contributed by atoms with E-state index in [9.17, 15) is 4.79 Å². The van der Waals surface area contributed by atoms with Crippen molar-refractivity contribution in [2.24, 2.45) is 0 Å². The summed E-state index contributed by atoms with van der Waals surface area (Å²) in [6, 6.07) is 17.5. The van der Waals surface area contributed by atoms with E-state index in [4.69, 9.17) is 0 Å². The van der Waals surface area contributed by atoms with Crippen molar-refractivity contribution in [2.75, 3.05) is 20.1 Å². The van der Waals surface area contributed by atoms with Gasteiger partial charge in [-0.15, -0.1) is 12.4 Å². The van der Waals surface area contributed by atoms with Crippen LogP contribution in [0, 0.1) is 6.92 Å². The Morgan fingerprint density at radius 1 is 0.966 bits per heavy atom. The van der Waals surface area contributed by atoms with Gasteiger partial charge in [-0.25, -0.2) is 0 Å². The van der Waals surface area contributed by atoms with Crippen molar-refractivity contribution in [3.63, 3.8) is 0 Å². The molecule has 158 valence electrons. The van der Waals surface area contributed by atoms with Gasteiger partial charge >= 0.3 is 0 Å². The van der Waals surface area contributed by atoms with Crippen LogP contribution < -0.4 is 0 Å². The average molecular weight is 415 g/mol. The fourth-order valence-corrected chi connectivity index (χ4v) is 4.01. The predicted molar refractivity (Wildman–Crippen MR) is 124 cm³/mol. The third-order valence-electron chi connectivity index (χ3n) is 5.84. The Kier molecular flexibility index (Phi) is 9.19. The summed E-state index contributed by atoms with van der Waals surface area (Å²) < 4.78 is 0. The summed E-state index contributed by atoms with van der Waals surface area (Å²) >= 11 is 0. The number of carbonyl (C=O) groups excluding carboxylic acids is 1. The van der Waals surface area contributed by atoms with E-state index in [2.05, 4.69) is 79.2 Å². The monoisotopic (exact) mass is 414 g/mol. The number of hydrogen-bond donors (Lipinski definition) is 0. The van der Waals surface area contributed by atoms with Crippen molar-refractivity contribution in [3.8, 4) is 0 Å². The maximum absolute atomic E-state index is 13.3. The summed E-state index contributed by atoms with van der Waals surface area (Å²) in [5, 5.41) is 0. The molecule has 0 spiro atoms. The van der Waals surface area contributed by atoms with E-state index in [-0.39, 0.29) is 18.3 Å². The first kappa shape index (κ1) is 23.4. The SMILES string of the molecule is CCCc1ccc(CC(=O)N(Cc2ccc(C)cc2)C2CCN(C)CC2)cc1.Cl. The molecule has 0 saturated carbocycles. The smallest absolute Gasteiger partial charge is 0.227 e. The van der Waals surface area contributed by atoms with Crippen molar-refractivity contribution < 1.29 is 4.79 Å². The fourth-order valence-electron chi connectivity index (χ4n) is 4.01. The third kappa shape index (κ3) is 6.87. The van der Waals surface area contributed by atoms with E-state index < -0.39 is 0 Å². The molecular formula is C25H35ClN2O. The first-order chi connectivity index (χ1) is 13.5. The molecule has 0 radical (unpaired) electrons. The number of carbonyl (C=O) groups is 1. The van der Waals surface area contributed by atoms with Gasteiger partial charge in [0.15, 0.2) is 0 Å². The largest absolute Gasteiger partial charge is 0.335 e. The van der Waals surface area contributed by atoms with Gasteiger partial charge in [0.2, 0.25) is 5.91 Å². The van der Waals surface area contributed by atoms with Crippen LogP contribution >= 0.6 is 12.4 Å². The molecule has 0 unspecified atom stereocenters. The molecule has 29 heavy (non-hydrogen) atoms. The van der Waals surface area contributed by atoms with Crippen LogP contribution in [0.25, 0.3) is 0 Å². The van der Waals surface area contributed by atoms with Crippen LogP contribution in [0.5, 0.6) is 0 Å². The van der Waals surface area contributed by atoms with Gasteiger partial charge in [0.25, 0.3) is 0 Å². The molecule has 1 heterocycles. The zero-order chi connectivity index (χ0) is 19.9. The molecule has 0 atom stereocenters. The number of amides is 1. The van der Waals surface area contributed by atoms with Gasteiger partial charge in [-0.05, 0) is 63.0 Å². The van der Waals surface area contributed by atoms with E-state index in [1.165, 1.54) is 16.7 Å². The van der Waals surface area contributed by atoms with Gasteiger partial charge < -0.3 is 9.80 Å². The lowest BCUT2D eigenvalue weighted by Gasteiger charge is -2.37. The van der Waals surface area contributed by atoms with Crippen molar-refractivity contribution in [1.82, 2.24) is 9.80 Å². The zero-order valence-electron chi connectivity index (χ0n) is 18.1. The molecule has 2 aromatic rings. The number of hydrogen-bond acceptors (Lipinski definition) is 2. The van der Waals surface area contributed by atoms with Crippen LogP contribution in [-0.4, -0.2) is 41.9 Å². The van der Waals surface area contributed by atoms with Crippen molar-refractivity contribution in [3.05, 3.63) is 70.8 Å². The van der Waals surface area contributed by atoms with Gasteiger partial charge in [0, 0.05) is 12.6 Å². The van der Waals surface area contributed by atoms with Crippen molar-refractivity contribution in [2.45, 2.75) is 58.5 Å². The van der Waals surface area contributed by atoms with Crippen LogP contribution in [0.15, 0.2) is 48.5 Å². The first-order valence-electron chi connectivity index (χ1n) is 10.7. The summed E-state index contributed by atoms with van der Waals surface area (Å²) in [5.74, 6) is 0.248. The number of aryl methyl sites for hydroxylation is 2. The molecule has 1 aliphatic rings. The molecule has 0 aliphatic carbocycles. The van der Waals surface area contributed by atoms with Crippen molar-refractivity contribution >= 4 is 18.3 Å². The summed E-state index contributed by atoms with van der Waals surface area (Å²) in [6.07, 6.45) is 4.86. The number of nitrogens with zero attached hydrogens (tertiary/aromatic N) is 2. The van der Waals surface area contributed by atoms with Gasteiger partial charge in [-0.3, -0.25) is 4.79 Å². The lowest BCUT2D eigenvalue weighted by Crippen LogP contribution is -2.46. The van der Waals surface area contributed by atoms with Crippen LogP contribution in [-0.2, 0) is 24.2 Å². The van der Waals surface area contributed by atoms with Gasteiger partial charge in [0.1, 0.15) is 0 Å². The van der Waals surface area contributed by atoms with E-state index in [1.807, 2.05) is 0 Å². The Morgan fingerprint density at radius 2 is 1.52 bits per heavy atom. The molecule has 0 bridgehead atoms. The highest BCUT2D eigenvalue weighted by Gasteiger charge is 2.27. The Morgan fingerprint density at radius 3 is 2.10 bits per heavy atom. The Labute approximate surface area is 182 Å². The highest BCUT2D eigenvalue weighted by molar-refractivity contribution is 5.85. The minimum Gasteiger partial charge on any atom is -0.335 e. The second-order valence-corrected chi connectivity index (χ2v) is 8.28. The molecular weight excluding hydrogens is 380 g/mol. The molecule has 1 saturated heterocycles. The molecule has 0 N–H and O–H groups in total. The molecule has 3 nitrogen and oxygen atoms in total. The summed E-state index contributed by atoms with van der Waals surface area (Å²) in [7, 11) is 2.17. The number of benzene rings is 2. The number of rotatable bonds is 7. The van der Waals surface area contributed by atoms with Crippen LogP contribution in [0.3, 0.4) is 0 Å². The summed E-state index contributed by atoms with van der Waals surface area (Å²) in [6.45, 7) is 7.14. The third-order valence-corrected chi connectivity index (χ3v) is 5.84. The van der Waals surface area contributed by atoms with E-state index in [1.54, 1.807) is 0 Å². The van der Waals surface area contributed by atoms with E-state index >= 15 is 0 Å². The minimum absolute atomic E-state index is 0. The molecule has 1 amide bonds. The number of likely N-dealkylation sites (tertiary alicyclic amines) is 1. The fraction of sp³-hybridized carbons (Fsp3) is 0.480. The molecule has 0 aromatic heterocycles. The van der Waals surface area contributed by atoms with E-state index in [0.29, 0.717) is 19.0 Å². The quantitative estimate of drug-likeness (QED) is 0.634. The molecule has 3 rings (SSSR count). The maximum Gasteiger partial charge on any atom is 0.227 e. The first-order valence-corrected chi connectivity index (χ1v) is 10.7. The van der Waals surface area contributed by atoms with Crippen LogP contribution in [0.4, 0.5) is 0 Å². The Balaban J connectivity index is 0.00000300. The Bertz CT molecular complexity index is 749. The van der Waals surface area contributed by atoms with Crippen LogP contribution in [0.1, 0.15) is 48.4 Å². The van der Waals surface area contributed by atoms with E-state index in [0.717, 1.165) is 44.3 Å². The second kappa shape index (κ2) is 11.4. The summed E-state index contributed by atoms with van der Waals surface area (Å²) in [5.41, 5.74) is 4.95. The normalized spacial score (nSPS) is 15.0. The summed E-state index contributed by atoms with van der Waals surface area (Å²) in [4.78, 5) is 17.8. The van der Waals surface area contributed by atoms with Gasteiger partial charge in [-0.2, -0.15) is 0 Å². The zero-order valence-corrected chi connectivity index (χ0v) is 18.9. The predicted octanol–water partition coefficient (Wildman–Crippen LogP) is 5.03. The maximum atomic E-state index is 13.3. The number of piperidine rings is 1. The van der Waals surface area contributed by atoms with Gasteiger partial charge in [0.05, 0.1) is 6.42 Å². The highest BCUT2D eigenvalue weighted by atomic mass is 35.5. The highest BCUT2D eigenvalue weighted by Crippen LogP contribution is 2.20.